The third kappa shape index (κ3) is 2.77. The first-order valence-electron chi connectivity index (χ1n) is 3.62. The summed E-state index contributed by atoms with van der Waals surface area (Å²) >= 11 is 4.95. The van der Waals surface area contributed by atoms with E-state index in [0.29, 0.717) is 0 Å². The molecule has 0 spiro atoms. The van der Waals surface area contributed by atoms with Gasteiger partial charge in [-0.05, 0) is 28.1 Å². The summed E-state index contributed by atoms with van der Waals surface area (Å²) in [5.41, 5.74) is 0. The lowest BCUT2D eigenvalue weighted by molar-refractivity contribution is 0.300. The topological polar surface area (TPSA) is 33.1 Å². The number of rotatable bonds is 3. The van der Waals surface area contributed by atoms with Crippen LogP contribution in [-0.4, -0.2) is 21.9 Å². The van der Waals surface area contributed by atoms with E-state index in [0.717, 1.165) is 9.50 Å². The highest BCUT2D eigenvalue weighted by Crippen LogP contribution is 2.27. The smallest absolute Gasteiger partial charge is 0.110 e. The van der Waals surface area contributed by atoms with E-state index in [1.807, 2.05) is 19.1 Å². The van der Waals surface area contributed by atoms with Crippen LogP contribution in [0.1, 0.15) is 6.92 Å². The van der Waals surface area contributed by atoms with E-state index in [4.69, 9.17) is 5.11 Å². The second kappa shape index (κ2) is 4.84. The molecule has 0 fully saturated rings. The van der Waals surface area contributed by atoms with Crippen LogP contribution in [0.25, 0.3) is 0 Å². The third-order valence-electron chi connectivity index (χ3n) is 1.29. The molecule has 4 heteroatoms. The number of aromatic nitrogens is 1. The largest absolute Gasteiger partial charge is 0.395 e. The molecule has 0 saturated carbocycles. The van der Waals surface area contributed by atoms with Crippen LogP contribution < -0.4 is 0 Å². The predicted octanol–water partition coefficient (Wildman–Crippen LogP) is 2.32. The standard InChI is InChI=1S/C8H10BrNOS/c1-6(5-11)12-8-7(9)3-2-4-10-8/h2-4,6,11H,5H2,1H3. The minimum atomic E-state index is 0.174. The van der Waals surface area contributed by atoms with Gasteiger partial charge in [0.2, 0.25) is 0 Å². The van der Waals surface area contributed by atoms with Crippen molar-refractivity contribution in [1.82, 2.24) is 4.98 Å². The van der Waals surface area contributed by atoms with Crippen LogP contribution >= 0.6 is 27.7 Å². The number of thioether (sulfide) groups is 1. The Kier molecular flexibility index (Phi) is 4.05. The fraction of sp³-hybridized carbons (Fsp3) is 0.375. The molecule has 0 radical (unpaired) electrons. The molecule has 1 unspecified atom stereocenters. The van der Waals surface area contributed by atoms with E-state index >= 15 is 0 Å². The number of aliphatic hydroxyl groups is 1. The van der Waals surface area contributed by atoms with Gasteiger partial charge in [0.05, 0.1) is 6.61 Å². The van der Waals surface area contributed by atoms with Gasteiger partial charge in [-0.3, -0.25) is 0 Å². The summed E-state index contributed by atoms with van der Waals surface area (Å²) in [5, 5.41) is 9.94. The van der Waals surface area contributed by atoms with Crippen molar-refractivity contribution in [3.63, 3.8) is 0 Å². The highest BCUT2D eigenvalue weighted by Gasteiger charge is 2.06. The molecule has 1 aromatic rings. The zero-order valence-corrected chi connectivity index (χ0v) is 9.10. The van der Waals surface area contributed by atoms with Crippen molar-refractivity contribution >= 4 is 27.7 Å². The molecule has 0 saturated heterocycles. The summed E-state index contributed by atoms with van der Waals surface area (Å²) in [7, 11) is 0. The number of halogens is 1. The summed E-state index contributed by atoms with van der Waals surface area (Å²) in [6, 6.07) is 3.82. The van der Waals surface area contributed by atoms with Crippen molar-refractivity contribution in [3.05, 3.63) is 22.8 Å². The molecule has 12 heavy (non-hydrogen) atoms. The van der Waals surface area contributed by atoms with Crippen LogP contribution in [0.15, 0.2) is 27.8 Å². The molecule has 0 aliphatic heterocycles. The molecule has 1 N–H and O–H groups in total. The minimum Gasteiger partial charge on any atom is -0.395 e. The molecule has 1 heterocycles. The summed E-state index contributed by atoms with van der Waals surface area (Å²) in [5.74, 6) is 0. The lowest BCUT2D eigenvalue weighted by Gasteiger charge is -2.07. The first kappa shape index (κ1) is 10.0. The third-order valence-corrected chi connectivity index (χ3v) is 3.30. The van der Waals surface area contributed by atoms with Crippen LogP contribution in [0, 0.1) is 0 Å². The Bertz CT molecular complexity index is 257. The maximum atomic E-state index is 8.82. The van der Waals surface area contributed by atoms with Gasteiger partial charge in [0, 0.05) is 15.9 Å². The summed E-state index contributed by atoms with van der Waals surface area (Å²) in [6.07, 6.45) is 1.75. The van der Waals surface area contributed by atoms with E-state index in [1.165, 1.54) is 0 Å². The van der Waals surface area contributed by atoms with E-state index < -0.39 is 0 Å². The molecule has 2 nitrogen and oxygen atoms in total. The summed E-state index contributed by atoms with van der Waals surface area (Å²) in [4.78, 5) is 4.17. The van der Waals surface area contributed by atoms with Gasteiger partial charge in [-0.25, -0.2) is 4.98 Å². The Balaban J connectivity index is 2.69. The first-order chi connectivity index (χ1) is 5.74. The molecule has 0 aliphatic rings. The Morgan fingerprint density at radius 1 is 1.75 bits per heavy atom. The zero-order valence-electron chi connectivity index (χ0n) is 6.70. The van der Waals surface area contributed by atoms with Crippen LogP contribution in [0.2, 0.25) is 0 Å². The Morgan fingerprint density at radius 2 is 2.50 bits per heavy atom. The van der Waals surface area contributed by atoms with Crippen LogP contribution in [0.3, 0.4) is 0 Å². The average molecular weight is 248 g/mol. The average Bonchev–Trinajstić information content (AvgIpc) is 2.09. The van der Waals surface area contributed by atoms with Gasteiger partial charge in [-0.15, -0.1) is 0 Å². The zero-order chi connectivity index (χ0) is 8.97. The van der Waals surface area contributed by atoms with E-state index in [1.54, 1.807) is 18.0 Å². The number of aliphatic hydroxyl groups excluding tert-OH is 1. The van der Waals surface area contributed by atoms with Crippen molar-refractivity contribution in [2.75, 3.05) is 6.61 Å². The lowest BCUT2D eigenvalue weighted by atomic mass is 10.5. The van der Waals surface area contributed by atoms with Crippen LogP contribution in [-0.2, 0) is 0 Å². The second-order valence-electron chi connectivity index (χ2n) is 2.40. The van der Waals surface area contributed by atoms with Gasteiger partial charge in [-0.1, -0.05) is 18.7 Å². The van der Waals surface area contributed by atoms with Crippen molar-refractivity contribution in [3.8, 4) is 0 Å². The van der Waals surface area contributed by atoms with E-state index in [9.17, 15) is 0 Å². The van der Waals surface area contributed by atoms with Gasteiger partial charge in [0.25, 0.3) is 0 Å². The van der Waals surface area contributed by atoms with Crippen molar-refractivity contribution < 1.29 is 5.11 Å². The van der Waals surface area contributed by atoms with Crippen LogP contribution in [0.5, 0.6) is 0 Å². The molecule has 0 aliphatic carbocycles. The van der Waals surface area contributed by atoms with Crippen molar-refractivity contribution in [1.29, 1.82) is 0 Å². The number of hydrogen-bond donors (Lipinski definition) is 1. The maximum Gasteiger partial charge on any atom is 0.110 e. The number of hydrogen-bond acceptors (Lipinski definition) is 3. The lowest BCUT2D eigenvalue weighted by Crippen LogP contribution is -2.02. The summed E-state index contributed by atoms with van der Waals surface area (Å²) < 4.78 is 0.982. The molecule has 1 atom stereocenters. The summed E-state index contributed by atoms with van der Waals surface area (Å²) in [6.45, 7) is 2.14. The molecular formula is C8H10BrNOS. The van der Waals surface area contributed by atoms with E-state index in [2.05, 4.69) is 20.9 Å². The van der Waals surface area contributed by atoms with Gasteiger partial charge in [0.1, 0.15) is 5.03 Å². The highest BCUT2D eigenvalue weighted by molar-refractivity contribution is 9.10. The Morgan fingerprint density at radius 3 is 3.08 bits per heavy atom. The Hall–Kier alpha value is -0.0600. The fourth-order valence-corrected chi connectivity index (χ4v) is 1.98. The monoisotopic (exact) mass is 247 g/mol. The second-order valence-corrected chi connectivity index (χ2v) is 4.68. The molecular weight excluding hydrogens is 238 g/mol. The molecule has 1 aromatic heterocycles. The number of pyridine rings is 1. The van der Waals surface area contributed by atoms with Crippen molar-refractivity contribution in [2.24, 2.45) is 0 Å². The van der Waals surface area contributed by atoms with Crippen LogP contribution in [0.4, 0.5) is 0 Å². The van der Waals surface area contributed by atoms with Gasteiger partial charge in [-0.2, -0.15) is 0 Å². The van der Waals surface area contributed by atoms with E-state index in [-0.39, 0.29) is 11.9 Å². The van der Waals surface area contributed by atoms with Crippen molar-refractivity contribution in [2.45, 2.75) is 17.2 Å². The molecule has 1 rings (SSSR count). The highest BCUT2D eigenvalue weighted by atomic mass is 79.9. The SMILES string of the molecule is CC(CO)Sc1ncccc1Br. The quantitative estimate of drug-likeness (QED) is 0.833. The Labute approximate surface area is 84.5 Å². The van der Waals surface area contributed by atoms with Gasteiger partial charge in [0.15, 0.2) is 0 Å². The molecule has 66 valence electrons. The maximum absolute atomic E-state index is 8.82. The fourth-order valence-electron chi connectivity index (χ4n) is 0.686. The number of nitrogens with zero attached hydrogens (tertiary/aromatic N) is 1. The van der Waals surface area contributed by atoms with Gasteiger partial charge >= 0.3 is 0 Å². The van der Waals surface area contributed by atoms with Gasteiger partial charge < -0.3 is 5.11 Å². The predicted molar refractivity (Wildman–Crippen MR) is 54.3 cm³/mol. The normalized spacial score (nSPS) is 12.9. The molecule has 0 amide bonds. The minimum absolute atomic E-state index is 0.174. The first-order valence-corrected chi connectivity index (χ1v) is 5.29. The molecule has 0 bridgehead atoms. The molecule has 0 aromatic carbocycles.